The number of nitriles is 2. The normalized spacial score (nSPS) is 11.1. The number of nitrogens with one attached hydrogen (secondary N) is 1. The lowest BCUT2D eigenvalue weighted by atomic mass is 10.2. The van der Waals surface area contributed by atoms with Crippen LogP contribution in [0.25, 0.3) is 0 Å². The number of aromatic nitrogens is 1. The van der Waals surface area contributed by atoms with Crippen molar-refractivity contribution in [3.8, 4) is 17.9 Å². The molecular formula is C17H15ClN4O. The summed E-state index contributed by atoms with van der Waals surface area (Å²) in [5.74, 6) is 1.22. The minimum atomic E-state index is -0.450. The summed E-state index contributed by atoms with van der Waals surface area (Å²) in [6, 6.07) is 14.9. The Bertz CT molecular complexity index is 764. The highest BCUT2D eigenvalue weighted by molar-refractivity contribution is 6.31. The lowest BCUT2D eigenvalue weighted by Crippen LogP contribution is -2.12. The maximum Gasteiger partial charge on any atom is 0.184 e. The van der Waals surface area contributed by atoms with Gasteiger partial charge in [-0.15, -0.1) is 0 Å². The van der Waals surface area contributed by atoms with Crippen molar-refractivity contribution in [1.82, 2.24) is 4.98 Å². The van der Waals surface area contributed by atoms with Crippen LogP contribution in [-0.4, -0.2) is 11.1 Å². The minimum Gasteiger partial charge on any atom is -0.476 e. The van der Waals surface area contributed by atoms with Crippen molar-refractivity contribution in [3.05, 3.63) is 52.7 Å². The van der Waals surface area contributed by atoms with Gasteiger partial charge in [0.05, 0.1) is 5.02 Å². The molecule has 5 nitrogen and oxygen atoms in total. The first-order valence-corrected chi connectivity index (χ1v) is 7.49. The second-order valence-corrected chi connectivity index (χ2v) is 5.19. The van der Waals surface area contributed by atoms with E-state index in [0.717, 1.165) is 5.56 Å². The number of anilines is 1. The number of halogens is 1. The first-order chi connectivity index (χ1) is 11.2. The van der Waals surface area contributed by atoms with Gasteiger partial charge in [0.15, 0.2) is 11.8 Å². The quantitative estimate of drug-likeness (QED) is 0.870. The smallest absolute Gasteiger partial charge is 0.184 e. The number of pyridine rings is 1. The summed E-state index contributed by atoms with van der Waals surface area (Å²) in [5.41, 5.74) is 1.17. The molecule has 23 heavy (non-hydrogen) atoms. The molecule has 1 heterocycles. The molecule has 0 bridgehead atoms. The average Bonchev–Trinajstić information content (AvgIpc) is 2.59. The number of nitrogens with zero attached hydrogens (tertiary/aromatic N) is 3. The van der Waals surface area contributed by atoms with Gasteiger partial charge in [0, 0.05) is 6.54 Å². The van der Waals surface area contributed by atoms with Crippen molar-refractivity contribution in [2.75, 3.05) is 5.32 Å². The summed E-state index contributed by atoms with van der Waals surface area (Å²) >= 11 is 5.85. The summed E-state index contributed by atoms with van der Waals surface area (Å²) in [6.07, 6.45) is 0.180. The van der Waals surface area contributed by atoms with E-state index in [-0.39, 0.29) is 5.69 Å². The Labute approximate surface area is 140 Å². The molecule has 1 unspecified atom stereocenters. The fourth-order valence-corrected chi connectivity index (χ4v) is 2.05. The lowest BCUT2D eigenvalue weighted by Gasteiger charge is -2.12. The first kappa shape index (κ1) is 16.6. The van der Waals surface area contributed by atoms with Crippen molar-refractivity contribution in [1.29, 1.82) is 10.5 Å². The summed E-state index contributed by atoms with van der Waals surface area (Å²) < 4.78 is 5.59. The molecule has 116 valence electrons. The topological polar surface area (TPSA) is 81.7 Å². The maximum absolute atomic E-state index is 8.95. The van der Waals surface area contributed by atoms with E-state index in [9.17, 15) is 0 Å². The van der Waals surface area contributed by atoms with Gasteiger partial charge in [-0.1, -0.05) is 30.7 Å². The molecule has 1 N–H and O–H groups in total. The number of ether oxygens (including phenoxy) is 1. The van der Waals surface area contributed by atoms with Gasteiger partial charge >= 0.3 is 0 Å². The van der Waals surface area contributed by atoms with Crippen molar-refractivity contribution in [3.63, 3.8) is 0 Å². The summed E-state index contributed by atoms with van der Waals surface area (Å²) in [6.45, 7) is 2.42. The van der Waals surface area contributed by atoms with Crippen molar-refractivity contribution in [2.24, 2.45) is 0 Å². The number of benzene rings is 1. The standard InChI is InChI=1S/C17H15ClN4O/c1-2-13(9-19)23-14-5-3-4-12(8-14)11-21-17-7-6-15(18)16(10-20)22-17/h3-8,13H,2,11H2,1H3,(H,21,22). The highest BCUT2D eigenvalue weighted by Crippen LogP contribution is 2.18. The van der Waals surface area contributed by atoms with E-state index in [2.05, 4.69) is 16.4 Å². The van der Waals surface area contributed by atoms with Crippen molar-refractivity contribution >= 4 is 17.4 Å². The molecule has 1 atom stereocenters. The van der Waals surface area contributed by atoms with Gasteiger partial charge in [-0.25, -0.2) is 4.98 Å². The largest absolute Gasteiger partial charge is 0.476 e. The van der Waals surface area contributed by atoms with E-state index in [1.54, 1.807) is 12.1 Å². The third kappa shape index (κ3) is 4.60. The van der Waals surface area contributed by atoms with E-state index in [4.69, 9.17) is 26.9 Å². The highest BCUT2D eigenvalue weighted by atomic mass is 35.5. The molecule has 0 saturated heterocycles. The Morgan fingerprint density at radius 1 is 1.30 bits per heavy atom. The molecule has 0 spiro atoms. The van der Waals surface area contributed by atoms with E-state index >= 15 is 0 Å². The Balaban J connectivity index is 2.04. The van der Waals surface area contributed by atoms with Crippen LogP contribution in [0.3, 0.4) is 0 Å². The minimum absolute atomic E-state index is 0.188. The molecule has 0 amide bonds. The number of hydrogen-bond acceptors (Lipinski definition) is 5. The molecule has 2 aromatic rings. The zero-order chi connectivity index (χ0) is 16.7. The van der Waals surface area contributed by atoms with Gasteiger partial charge in [-0.3, -0.25) is 0 Å². The Morgan fingerprint density at radius 3 is 2.83 bits per heavy atom. The Morgan fingerprint density at radius 2 is 2.13 bits per heavy atom. The van der Waals surface area contributed by atoms with Crippen LogP contribution < -0.4 is 10.1 Å². The summed E-state index contributed by atoms with van der Waals surface area (Å²) in [7, 11) is 0. The second-order valence-electron chi connectivity index (χ2n) is 4.78. The fraction of sp³-hybridized carbons (Fsp3) is 0.235. The molecule has 0 saturated carbocycles. The van der Waals surface area contributed by atoms with Crippen LogP contribution in [0.5, 0.6) is 5.75 Å². The third-order valence-corrected chi connectivity index (χ3v) is 3.42. The van der Waals surface area contributed by atoms with Crippen LogP contribution in [0.2, 0.25) is 5.02 Å². The van der Waals surface area contributed by atoms with Crippen LogP contribution in [0.4, 0.5) is 5.82 Å². The molecule has 0 aliphatic heterocycles. The van der Waals surface area contributed by atoms with Crippen molar-refractivity contribution in [2.45, 2.75) is 26.0 Å². The number of hydrogen-bond donors (Lipinski definition) is 1. The van der Waals surface area contributed by atoms with Gasteiger partial charge in [0.2, 0.25) is 0 Å². The second kappa shape index (κ2) is 8.03. The average molecular weight is 327 g/mol. The summed E-state index contributed by atoms with van der Waals surface area (Å²) in [4.78, 5) is 4.12. The van der Waals surface area contributed by atoms with Crippen LogP contribution in [0, 0.1) is 22.7 Å². The Kier molecular flexibility index (Phi) is 5.80. The van der Waals surface area contributed by atoms with E-state index in [1.165, 1.54) is 0 Å². The van der Waals surface area contributed by atoms with Crippen LogP contribution >= 0.6 is 11.6 Å². The van der Waals surface area contributed by atoms with Gasteiger partial charge < -0.3 is 10.1 Å². The fourth-order valence-electron chi connectivity index (χ4n) is 1.91. The molecule has 0 radical (unpaired) electrons. The first-order valence-electron chi connectivity index (χ1n) is 7.12. The van der Waals surface area contributed by atoms with Crippen LogP contribution in [-0.2, 0) is 6.54 Å². The van der Waals surface area contributed by atoms with Gasteiger partial charge in [0.1, 0.15) is 23.7 Å². The van der Waals surface area contributed by atoms with Gasteiger partial charge in [-0.05, 0) is 36.2 Å². The lowest BCUT2D eigenvalue weighted by molar-refractivity contribution is 0.251. The molecule has 0 aliphatic rings. The Hall–Kier alpha value is -2.76. The molecule has 6 heteroatoms. The molecule has 1 aromatic heterocycles. The van der Waals surface area contributed by atoms with Crippen LogP contribution in [0.15, 0.2) is 36.4 Å². The number of rotatable bonds is 6. The van der Waals surface area contributed by atoms with E-state index < -0.39 is 6.10 Å². The third-order valence-electron chi connectivity index (χ3n) is 3.12. The van der Waals surface area contributed by atoms with E-state index in [1.807, 2.05) is 37.3 Å². The van der Waals surface area contributed by atoms with Crippen LogP contribution in [0.1, 0.15) is 24.6 Å². The highest BCUT2D eigenvalue weighted by Gasteiger charge is 2.07. The zero-order valence-corrected chi connectivity index (χ0v) is 13.3. The SMILES string of the molecule is CCC(C#N)Oc1cccc(CNc2ccc(Cl)c(C#N)n2)c1. The monoisotopic (exact) mass is 326 g/mol. The molecule has 2 rings (SSSR count). The molecule has 0 aliphatic carbocycles. The van der Waals surface area contributed by atoms with Crippen molar-refractivity contribution < 1.29 is 4.74 Å². The van der Waals surface area contributed by atoms with E-state index in [0.29, 0.717) is 29.6 Å². The zero-order valence-electron chi connectivity index (χ0n) is 12.6. The molecule has 1 aromatic carbocycles. The van der Waals surface area contributed by atoms with Gasteiger partial charge in [0.25, 0.3) is 0 Å². The maximum atomic E-state index is 8.95. The van der Waals surface area contributed by atoms with Gasteiger partial charge in [-0.2, -0.15) is 10.5 Å². The predicted molar refractivity (Wildman–Crippen MR) is 88.1 cm³/mol. The summed E-state index contributed by atoms with van der Waals surface area (Å²) in [5, 5.41) is 21.3. The molecular weight excluding hydrogens is 312 g/mol. The predicted octanol–water partition coefficient (Wildman–Crippen LogP) is 3.90. The molecule has 0 fully saturated rings.